The summed E-state index contributed by atoms with van der Waals surface area (Å²) in [6, 6.07) is 7.03. The third kappa shape index (κ3) is 3.02. The maximum absolute atomic E-state index is 6.13. The summed E-state index contributed by atoms with van der Waals surface area (Å²) in [5.74, 6) is 0.873. The Bertz CT molecular complexity index is 576. The van der Waals surface area contributed by atoms with Gasteiger partial charge in [-0.25, -0.2) is 0 Å². The van der Waals surface area contributed by atoms with Crippen molar-refractivity contribution >= 4 is 11.3 Å². The highest BCUT2D eigenvalue weighted by Gasteiger charge is 2.39. The Morgan fingerprint density at radius 3 is 2.82 bits per heavy atom. The fourth-order valence-electron chi connectivity index (χ4n) is 3.50. The smallest absolute Gasteiger partial charge is 0.137 e. The fourth-order valence-corrected chi connectivity index (χ4v) is 4.16. The highest BCUT2D eigenvalue weighted by Crippen LogP contribution is 2.31. The van der Waals surface area contributed by atoms with Crippen molar-refractivity contribution in [3.05, 3.63) is 46.9 Å². The number of ether oxygens (including phenoxy) is 2. The van der Waals surface area contributed by atoms with Crippen molar-refractivity contribution in [2.24, 2.45) is 0 Å². The lowest BCUT2D eigenvalue weighted by Gasteiger charge is -2.48. The van der Waals surface area contributed by atoms with Crippen LogP contribution in [0.5, 0.6) is 5.75 Å². The van der Waals surface area contributed by atoms with Gasteiger partial charge in [0.1, 0.15) is 11.9 Å². The van der Waals surface area contributed by atoms with E-state index in [0.29, 0.717) is 12.1 Å². The van der Waals surface area contributed by atoms with Crippen LogP contribution in [0.15, 0.2) is 41.4 Å². The zero-order valence-electron chi connectivity index (χ0n) is 12.4. The number of morpholine rings is 1. The number of pyridine rings is 1. The Kier molecular flexibility index (Phi) is 4.10. The van der Waals surface area contributed by atoms with Crippen LogP contribution in [0.25, 0.3) is 0 Å². The molecular weight excluding hydrogens is 296 g/mol. The molecule has 0 spiro atoms. The highest BCUT2D eigenvalue weighted by atomic mass is 32.1. The van der Waals surface area contributed by atoms with E-state index in [4.69, 9.17) is 9.47 Å². The van der Waals surface area contributed by atoms with Crippen molar-refractivity contribution in [3.8, 4) is 5.75 Å². The number of piperidine rings is 1. The lowest BCUT2D eigenvalue weighted by Crippen LogP contribution is -2.58. The monoisotopic (exact) mass is 316 g/mol. The first-order valence-electron chi connectivity index (χ1n) is 7.80. The zero-order chi connectivity index (χ0) is 14.8. The second-order valence-electron chi connectivity index (χ2n) is 6.05. The topological polar surface area (TPSA) is 34.6 Å². The van der Waals surface area contributed by atoms with Crippen LogP contribution in [0.4, 0.5) is 0 Å². The quantitative estimate of drug-likeness (QED) is 0.868. The Balaban J connectivity index is 1.44. The number of thiophene rings is 1. The van der Waals surface area contributed by atoms with Gasteiger partial charge in [0, 0.05) is 37.7 Å². The van der Waals surface area contributed by atoms with Crippen LogP contribution in [-0.2, 0) is 11.3 Å². The van der Waals surface area contributed by atoms with Gasteiger partial charge in [0.2, 0.25) is 0 Å². The fraction of sp³-hybridized carbons (Fsp3) is 0.471. The van der Waals surface area contributed by atoms with Crippen molar-refractivity contribution in [1.29, 1.82) is 0 Å². The second-order valence-corrected chi connectivity index (χ2v) is 6.83. The number of hydrogen-bond donors (Lipinski definition) is 0. The van der Waals surface area contributed by atoms with Crippen LogP contribution < -0.4 is 4.74 Å². The average Bonchev–Trinajstić information content (AvgIpc) is 3.02. The third-order valence-corrected chi connectivity index (χ3v) is 5.24. The molecule has 22 heavy (non-hydrogen) atoms. The van der Waals surface area contributed by atoms with Crippen LogP contribution in [-0.4, -0.2) is 41.3 Å². The van der Waals surface area contributed by atoms with Gasteiger partial charge in [-0.3, -0.25) is 9.88 Å². The minimum Gasteiger partial charge on any atom is -0.489 e. The van der Waals surface area contributed by atoms with Crippen LogP contribution in [0.2, 0.25) is 0 Å². The first-order chi connectivity index (χ1) is 10.9. The van der Waals surface area contributed by atoms with Crippen molar-refractivity contribution in [1.82, 2.24) is 9.88 Å². The van der Waals surface area contributed by atoms with E-state index in [0.717, 1.165) is 38.3 Å². The summed E-state index contributed by atoms with van der Waals surface area (Å²) in [7, 11) is 0. The Labute approximate surface area is 134 Å². The van der Waals surface area contributed by atoms with Crippen molar-refractivity contribution in [2.75, 3.05) is 13.2 Å². The SMILES string of the molecule is c1cncc(OC2C[C@H]3COC[C@@H](C2)N3Cc2ccsc2)c1. The van der Waals surface area contributed by atoms with Crippen LogP contribution >= 0.6 is 11.3 Å². The molecule has 2 aliphatic heterocycles. The van der Waals surface area contributed by atoms with Crippen LogP contribution in [0.3, 0.4) is 0 Å². The number of rotatable bonds is 4. The predicted molar refractivity (Wildman–Crippen MR) is 86.1 cm³/mol. The van der Waals surface area contributed by atoms with Crippen LogP contribution in [0, 0.1) is 0 Å². The van der Waals surface area contributed by atoms with Gasteiger partial charge in [0.05, 0.1) is 19.4 Å². The molecule has 116 valence electrons. The maximum atomic E-state index is 6.13. The number of hydrogen-bond acceptors (Lipinski definition) is 5. The maximum Gasteiger partial charge on any atom is 0.137 e. The highest BCUT2D eigenvalue weighted by molar-refractivity contribution is 7.07. The molecule has 2 fully saturated rings. The first kappa shape index (κ1) is 14.2. The molecule has 0 amide bonds. The minimum absolute atomic E-state index is 0.266. The molecule has 3 atom stereocenters. The lowest BCUT2D eigenvalue weighted by molar-refractivity contribution is -0.104. The predicted octanol–water partition coefficient (Wildman–Crippen LogP) is 2.95. The Hall–Kier alpha value is -1.43. The third-order valence-electron chi connectivity index (χ3n) is 4.51. The molecule has 4 rings (SSSR count). The summed E-state index contributed by atoms with van der Waals surface area (Å²) in [5, 5.41) is 4.40. The molecule has 2 saturated heterocycles. The molecule has 4 nitrogen and oxygen atoms in total. The molecule has 2 aromatic heterocycles. The molecular formula is C17H20N2O2S. The lowest BCUT2D eigenvalue weighted by atomic mass is 9.91. The van der Waals surface area contributed by atoms with E-state index in [-0.39, 0.29) is 6.10 Å². The number of nitrogens with zero attached hydrogens (tertiary/aromatic N) is 2. The van der Waals surface area contributed by atoms with E-state index >= 15 is 0 Å². The van der Waals surface area contributed by atoms with Gasteiger partial charge in [-0.1, -0.05) is 0 Å². The largest absolute Gasteiger partial charge is 0.489 e. The van der Waals surface area contributed by atoms with E-state index in [1.54, 1.807) is 23.7 Å². The van der Waals surface area contributed by atoms with E-state index in [1.807, 2.05) is 12.1 Å². The summed E-state index contributed by atoms with van der Waals surface area (Å²) >= 11 is 1.77. The van der Waals surface area contributed by atoms with Crippen molar-refractivity contribution < 1.29 is 9.47 Å². The zero-order valence-corrected chi connectivity index (χ0v) is 13.2. The van der Waals surface area contributed by atoms with Gasteiger partial charge in [0.15, 0.2) is 0 Å². The summed E-state index contributed by atoms with van der Waals surface area (Å²) in [5.41, 5.74) is 1.41. The summed E-state index contributed by atoms with van der Waals surface area (Å²) in [6.45, 7) is 2.66. The molecule has 5 heteroatoms. The molecule has 0 aliphatic carbocycles. The van der Waals surface area contributed by atoms with Gasteiger partial charge in [0.25, 0.3) is 0 Å². The molecule has 4 heterocycles. The molecule has 2 aliphatic rings. The summed E-state index contributed by atoms with van der Waals surface area (Å²) in [6.07, 6.45) is 5.88. The minimum atomic E-state index is 0.266. The van der Waals surface area contributed by atoms with E-state index in [2.05, 4.69) is 26.7 Å². The molecule has 0 saturated carbocycles. The Morgan fingerprint density at radius 1 is 1.27 bits per heavy atom. The normalized spacial score (nSPS) is 28.5. The first-order valence-corrected chi connectivity index (χ1v) is 8.74. The molecule has 2 bridgehead atoms. The van der Waals surface area contributed by atoms with Gasteiger partial charge >= 0.3 is 0 Å². The van der Waals surface area contributed by atoms with Crippen molar-refractivity contribution in [2.45, 2.75) is 37.6 Å². The van der Waals surface area contributed by atoms with Crippen LogP contribution in [0.1, 0.15) is 18.4 Å². The van der Waals surface area contributed by atoms with Gasteiger partial charge in [-0.2, -0.15) is 11.3 Å². The van der Waals surface area contributed by atoms with Gasteiger partial charge in [-0.05, 0) is 34.5 Å². The second kappa shape index (κ2) is 6.36. The van der Waals surface area contributed by atoms with Gasteiger partial charge in [-0.15, -0.1) is 0 Å². The average molecular weight is 316 g/mol. The Morgan fingerprint density at radius 2 is 2.14 bits per heavy atom. The summed E-state index contributed by atoms with van der Waals surface area (Å²) in [4.78, 5) is 6.73. The summed E-state index contributed by atoms with van der Waals surface area (Å²) < 4.78 is 11.9. The standard InChI is InChI=1S/C17H20N2O2S/c1-2-16(8-18-4-1)21-17-6-14-10-20-11-15(7-17)19(14)9-13-3-5-22-12-13/h1-5,8,12,14-15,17H,6-7,9-11H2/t14-,15+,17?. The molecule has 0 N–H and O–H groups in total. The van der Waals surface area contributed by atoms with Gasteiger partial charge < -0.3 is 9.47 Å². The molecule has 2 aromatic rings. The molecule has 0 aromatic carbocycles. The van der Waals surface area contributed by atoms with E-state index < -0.39 is 0 Å². The van der Waals surface area contributed by atoms with E-state index in [1.165, 1.54) is 5.56 Å². The molecule has 1 unspecified atom stereocenters. The number of fused-ring (bicyclic) bond motifs is 2. The molecule has 0 radical (unpaired) electrons. The van der Waals surface area contributed by atoms with Crippen molar-refractivity contribution in [3.63, 3.8) is 0 Å². The number of aromatic nitrogens is 1. The van der Waals surface area contributed by atoms with E-state index in [9.17, 15) is 0 Å².